The molecule has 4 heterocycles. The maximum Gasteiger partial charge on any atom is 0.256 e. The quantitative estimate of drug-likeness (QED) is 0.154. The first kappa shape index (κ1) is 33.5. The lowest BCUT2D eigenvalue weighted by Gasteiger charge is -2.33. The number of para-hydroxylation sites is 2. The van der Waals surface area contributed by atoms with Crippen LogP contribution in [0.5, 0.6) is 5.75 Å². The van der Waals surface area contributed by atoms with E-state index < -0.39 is 21.9 Å². The molecule has 2 fully saturated rings. The van der Waals surface area contributed by atoms with Gasteiger partial charge in [0, 0.05) is 50.5 Å². The first-order chi connectivity index (χ1) is 23.5. The lowest BCUT2D eigenvalue weighted by molar-refractivity contribution is 0.0903. The molecule has 1 aliphatic carbocycles. The fourth-order valence-corrected chi connectivity index (χ4v) is 6.81. The molecule has 0 spiro atoms. The minimum atomic E-state index is -2.76. The van der Waals surface area contributed by atoms with Crippen LogP contribution in [0, 0.1) is 0 Å². The molecule has 0 radical (unpaired) electrons. The summed E-state index contributed by atoms with van der Waals surface area (Å²) in [6, 6.07) is 16.0. The van der Waals surface area contributed by atoms with Crippen molar-refractivity contribution in [1.29, 1.82) is 0 Å². The summed E-state index contributed by atoms with van der Waals surface area (Å²) in [5, 5.41) is 4.64. The molecule has 1 aliphatic heterocycles. The Labute approximate surface area is 287 Å². The lowest BCUT2D eigenvalue weighted by atomic mass is 10.2. The van der Waals surface area contributed by atoms with E-state index in [0.717, 1.165) is 60.1 Å². The second-order valence-electron chi connectivity index (χ2n) is 13.9. The van der Waals surface area contributed by atoms with E-state index in [2.05, 4.69) is 56.2 Å². The zero-order valence-corrected chi connectivity index (χ0v) is 29.7. The Balaban J connectivity index is 1.32. The van der Waals surface area contributed by atoms with Crippen molar-refractivity contribution in [3.8, 4) is 5.75 Å². The van der Waals surface area contributed by atoms with Gasteiger partial charge < -0.3 is 28.7 Å². The first-order valence-electron chi connectivity index (χ1n) is 16.6. The number of hydrogen-bond donors (Lipinski definition) is 0. The summed E-state index contributed by atoms with van der Waals surface area (Å²) in [5.41, 5.74) is 3.74. The predicted molar refractivity (Wildman–Crippen MR) is 192 cm³/mol. The van der Waals surface area contributed by atoms with E-state index in [1.165, 1.54) is 0 Å². The van der Waals surface area contributed by atoms with E-state index in [-0.39, 0.29) is 6.42 Å². The largest absolute Gasteiger partial charge is 0.497 e. The number of benzene rings is 2. The molecule has 11 nitrogen and oxygen atoms in total. The van der Waals surface area contributed by atoms with E-state index in [1.807, 2.05) is 42.5 Å². The third kappa shape index (κ3) is 7.31. The Bertz CT molecular complexity index is 1920. The molecule has 1 saturated heterocycles. The Morgan fingerprint density at radius 2 is 1.69 bits per heavy atom. The maximum absolute atomic E-state index is 14.5. The van der Waals surface area contributed by atoms with Crippen molar-refractivity contribution in [1.82, 2.24) is 34.0 Å². The Morgan fingerprint density at radius 3 is 2.39 bits per heavy atom. The third-order valence-corrected chi connectivity index (χ3v) is 10.7. The van der Waals surface area contributed by atoms with Crippen molar-refractivity contribution in [3.63, 3.8) is 0 Å². The van der Waals surface area contributed by atoms with E-state index >= 15 is 0 Å². The monoisotopic (exact) mass is 693 g/mol. The number of nitrogens with zero attached hydrogens (tertiary/aromatic N) is 9. The maximum atomic E-state index is 14.5. The van der Waals surface area contributed by atoms with Gasteiger partial charge in [0.25, 0.3) is 5.92 Å². The smallest absolute Gasteiger partial charge is 0.256 e. The van der Waals surface area contributed by atoms with Crippen molar-refractivity contribution in [3.05, 3.63) is 71.7 Å². The number of alkyl halides is 2. The number of rotatable bonds is 13. The number of imidazole rings is 1. The van der Waals surface area contributed by atoms with Crippen molar-refractivity contribution in [2.24, 2.45) is 0 Å². The second kappa shape index (κ2) is 13.4. The van der Waals surface area contributed by atoms with Crippen molar-refractivity contribution in [2.45, 2.75) is 38.1 Å². The average Bonchev–Trinajstić information content (AvgIpc) is 3.37. The van der Waals surface area contributed by atoms with Crippen LogP contribution in [0.15, 0.2) is 54.7 Å². The summed E-state index contributed by atoms with van der Waals surface area (Å²) < 4.78 is 44.4. The van der Waals surface area contributed by atoms with Crippen LogP contribution in [-0.2, 0) is 24.6 Å². The van der Waals surface area contributed by atoms with E-state index in [9.17, 15) is 8.78 Å². The summed E-state index contributed by atoms with van der Waals surface area (Å²) >= 11 is 0. The molecule has 2 aliphatic rings. The van der Waals surface area contributed by atoms with Gasteiger partial charge in [0.15, 0.2) is 5.65 Å². The van der Waals surface area contributed by atoms with Gasteiger partial charge in [-0.2, -0.15) is 19.6 Å². The number of piperazine rings is 1. The second-order valence-corrected chi connectivity index (χ2v) is 18.5. The standard InChI is InChI=1S/C35H45F2N9O2S/c1-42-14-16-43(17-15-42)33-40-32-27(28-20-35(28,36)37)21-38-46(32)34(41-33)44(22-25-10-12-26(47-2)13-11-25)23-31-39-29-8-6-7-9-30(29)45(31)24-48-18-19-49(3,4)5/h6-13,21,28H,14-20,22-24H2,1-5H3. The van der Waals surface area contributed by atoms with Crippen LogP contribution >= 0.6 is 10.0 Å². The van der Waals surface area contributed by atoms with Crippen LogP contribution in [0.3, 0.4) is 0 Å². The molecular formula is C35H45F2N9O2S. The summed E-state index contributed by atoms with van der Waals surface area (Å²) in [4.78, 5) is 21.6. The number of anilines is 2. The predicted octanol–water partition coefficient (Wildman–Crippen LogP) is 5.23. The van der Waals surface area contributed by atoms with Crippen LogP contribution in [-0.4, -0.2) is 111 Å². The molecule has 7 rings (SSSR count). The van der Waals surface area contributed by atoms with Gasteiger partial charge in [-0.25, -0.2) is 23.8 Å². The minimum absolute atomic E-state index is 0.201. The zero-order valence-electron chi connectivity index (χ0n) is 28.9. The fraction of sp³-hybridized carbons (Fsp3) is 0.486. The number of fused-ring (bicyclic) bond motifs is 2. The van der Waals surface area contributed by atoms with Crippen molar-refractivity contribution < 1.29 is 18.3 Å². The number of ether oxygens (including phenoxy) is 2. The van der Waals surface area contributed by atoms with Gasteiger partial charge in [-0.15, -0.1) is 0 Å². The van der Waals surface area contributed by atoms with Gasteiger partial charge in [-0.1, -0.05) is 24.3 Å². The molecule has 1 atom stereocenters. The van der Waals surface area contributed by atoms with E-state index in [0.29, 0.717) is 49.5 Å². The number of methoxy groups -OCH3 is 1. The van der Waals surface area contributed by atoms with Crippen LogP contribution in [0.1, 0.15) is 29.3 Å². The molecule has 262 valence electrons. The molecule has 2 aromatic carbocycles. The van der Waals surface area contributed by atoms with Crippen LogP contribution in [0.25, 0.3) is 16.7 Å². The average molecular weight is 694 g/mol. The van der Waals surface area contributed by atoms with Crippen LogP contribution in [0.2, 0.25) is 0 Å². The van der Waals surface area contributed by atoms with Gasteiger partial charge in [-0.05, 0) is 55.6 Å². The van der Waals surface area contributed by atoms with Gasteiger partial charge in [-0.3, -0.25) is 0 Å². The molecule has 1 unspecified atom stereocenters. The molecule has 49 heavy (non-hydrogen) atoms. The molecule has 0 bridgehead atoms. The number of aromatic nitrogens is 6. The molecule has 0 N–H and O–H groups in total. The summed E-state index contributed by atoms with van der Waals surface area (Å²) in [7, 11) is 3.04. The number of hydrogen-bond acceptors (Lipinski definition) is 9. The Kier molecular flexibility index (Phi) is 9.13. The molecule has 3 aromatic heterocycles. The summed E-state index contributed by atoms with van der Waals surface area (Å²) in [6.45, 7) is 5.00. The van der Waals surface area contributed by atoms with E-state index in [1.54, 1.807) is 17.8 Å². The van der Waals surface area contributed by atoms with Crippen LogP contribution in [0.4, 0.5) is 20.7 Å². The molecular weight excluding hydrogens is 649 g/mol. The normalized spacial score (nSPS) is 18.3. The summed E-state index contributed by atoms with van der Waals surface area (Å²) in [5.74, 6) is -0.0660. The third-order valence-electron chi connectivity index (χ3n) is 9.30. The Morgan fingerprint density at radius 1 is 0.959 bits per heavy atom. The first-order valence-corrected chi connectivity index (χ1v) is 19.6. The van der Waals surface area contributed by atoms with Gasteiger partial charge in [0.1, 0.15) is 18.3 Å². The topological polar surface area (TPSA) is 89.1 Å². The van der Waals surface area contributed by atoms with Crippen LogP contribution < -0.4 is 14.5 Å². The molecule has 14 heteroatoms. The molecule has 1 saturated carbocycles. The SMILES string of the molecule is COc1ccc(CN(Cc2nc3ccccc3n2COCCS(C)(C)C)c2nc(N3CCN(C)CC3)nc3c(C4CC4(F)F)cnn23)cc1. The lowest BCUT2D eigenvalue weighted by Crippen LogP contribution is -2.45. The Hall–Kier alpha value is -4.01. The van der Waals surface area contributed by atoms with Gasteiger partial charge >= 0.3 is 0 Å². The minimum Gasteiger partial charge on any atom is -0.497 e. The highest BCUT2D eigenvalue weighted by Crippen LogP contribution is 2.56. The summed E-state index contributed by atoms with van der Waals surface area (Å²) in [6.07, 6.45) is 8.20. The highest BCUT2D eigenvalue weighted by Gasteiger charge is 2.59. The highest BCUT2D eigenvalue weighted by atomic mass is 32.3. The number of likely N-dealkylation sites (N-methyl/N-ethyl adjacent to an activating group) is 1. The highest BCUT2D eigenvalue weighted by molar-refractivity contribution is 8.32. The van der Waals surface area contributed by atoms with Crippen molar-refractivity contribution >= 4 is 38.6 Å². The molecule has 0 amide bonds. The van der Waals surface area contributed by atoms with Gasteiger partial charge in [0.2, 0.25) is 11.9 Å². The van der Waals surface area contributed by atoms with Crippen molar-refractivity contribution in [2.75, 3.05) is 81.3 Å². The molecule has 5 aromatic rings. The number of halogens is 2. The van der Waals surface area contributed by atoms with E-state index in [4.69, 9.17) is 24.4 Å². The zero-order chi connectivity index (χ0) is 34.3. The van der Waals surface area contributed by atoms with Gasteiger partial charge in [0.05, 0.1) is 43.4 Å². The fourth-order valence-electron chi connectivity index (χ4n) is 6.19.